The molecule has 0 aliphatic carbocycles. The molecule has 1 atom stereocenters. The molecule has 2 rings (SSSR count). The van der Waals surface area contributed by atoms with Crippen molar-refractivity contribution in [3.8, 4) is 0 Å². The smallest absolute Gasteiger partial charge is 0.250 e. The molecule has 0 saturated carbocycles. The van der Waals surface area contributed by atoms with Crippen LogP contribution in [0.25, 0.3) is 0 Å². The Morgan fingerprint density at radius 3 is 2.94 bits per heavy atom. The van der Waals surface area contributed by atoms with Gasteiger partial charge in [0.15, 0.2) is 0 Å². The van der Waals surface area contributed by atoms with Crippen LogP contribution in [0.2, 0.25) is 0 Å². The Balaban J connectivity index is 2.29. The lowest BCUT2D eigenvalue weighted by Crippen LogP contribution is -2.29. The van der Waals surface area contributed by atoms with E-state index in [1.807, 2.05) is 6.92 Å². The molecule has 1 aromatic carbocycles. The molecule has 1 unspecified atom stereocenters. The van der Waals surface area contributed by atoms with Gasteiger partial charge < -0.3 is 5.32 Å². The summed E-state index contributed by atoms with van der Waals surface area (Å²) in [5, 5.41) is 2.72. The predicted molar refractivity (Wildman–Crippen MR) is 67.5 cm³/mol. The molecule has 0 saturated heterocycles. The number of nitrogens with one attached hydrogen (secondary N) is 1. The Kier molecular flexibility index (Phi) is 3.57. The number of rotatable bonds is 3. The van der Waals surface area contributed by atoms with Crippen molar-refractivity contribution < 1.29 is 9.18 Å². The molecule has 1 heterocycles. The number of hydrogen-bond acceptors (Lipinski definition) is 2. The van der Waals surface area contributed by atoms with Crippen molar-refractivity contribution in [3.63, 3.8) is 0 Å². The summed E-state index contributed by atoms with van der Waals surface area (Å²) in [6.07, 6.45) is 1.63. The lowest BCUT2D eigenvalue weighted by Gasteiger charge is -2.03. The summed E-state index contributed by atoms with van der Waals surface area (Å²) >= 11 is 3.26. The highest BCUT2D eigenvalue weighted by atomic mass is 79.9. The number of hydrogen-bond donors (Lipinski definition) is 1. The zero-order valence-electron chi connectivity index (χ0n) is 9.34. The fourth-order valence-electron chi connectivity index (χ4n) is 1.73. The molecule has 1 aliphatic rings. The van der Waals surface area contributed by atoms with Crippen LogP contribution >= 0.6 is 15.9 Å². The van der Waals surface area contributed by atoms with E-state index in [9.17, 15) is 9.18 Å². The Hall–Kier alpha value is -1.23. The van der Waals surface area contributed by atoms with Crippen molar-refractivity contribution in [1.29, 1.82) is 0 Å². The van der Waals surface area contributed by atoms with Gasteiger partial charge in [0.1, 0.15) is 17.7 Å². The van der Waals surface area contributed by atoms with Crippen LogP contribution in [0.3, 0.4) is 0 Å². The van der Waals surface area contributed by atoms with E-state index in [2.05, 4.69) is 26.2 Å². The van der Waals surface area contributed by atoms with Gasteiger partial charge in [0.25, 0.3) is 0 Å². The van der Waals surface area contributed by atoms with E-state index in [0.29, 0.717) is 15.9 Å². The van der Waals surface area contributed by atoms with Crippen LogP contribution in [0, 0.1) is 5.82 Å². The molecular weight excluding hydrogens is 287 g/mol. The molecule has 0 bridgehead atoms. The lowest BCUT2D eigenvalue weighted by atomic mass is 10.2. The lowest BCUT2D eigenvalue weighted by molar-refractivity contribution is -0.120. The molecule has 1 N–H and O–H groups in total. The zero-order valence-corrected chi connectivity index (χ0v) is 10.9. The zero-order chi connectivity index (χ0) is 12.4. The van der Waals surface area contributed by atoms with Crippen molar-refractivity contribution in [2.24, 2.45) is 4.99 Å². The quantitative estimate of drug-likeness (QED) is 0.916. The van der Waals surface area contributed by atoms with Gasteiger partial charge in [0.05, 0.1) is 0 Å². The number of halogens is 2. The van der Waals surface area contributed by atoms with Crippen LogP contribution in [0.4, 0.5) is 4.39 Å². The molecule has 1 aromatic rings. The SMILES string of the molecule is CCCC1N=C(c2ccc(F)cc2Br)NC1=O. The van der Waals surface area contributed by atoms with E-state index in [1.54, 1.807) is 6.07 Å². The molecule has 0 radical (unpaired) electrons. The van der Waals surface area contributed by atoms with E-state index < -0.39 is 0 Å². The van der Waals surface area contributed by atoms with Crippen LogP contribution in [-0.4, -0.2) is 17.8 Å². The Labute approximate surface area is 107 Å². The maximum absolute atomic E-state index is 13.0. The van der Waals surface area contributed by atoms with E-state index >= 15 is 0 Å². The molecule has 1 aliphatic heterocycles. The van der Waals surface area contributed by atoms with E-state index in [0.717, 1.165) is 12.8 Å². The molecule has 0 spiro atoms. The standard InChI is InChI=1S/C12H12BrFN2O/c1-2-3-10-12(17)16-11(15-10)8-5-4-7(14)6-9(8)13/h4-6,10H,2-3H2,1H3,(H,15,16,17). The van der Waals surface area contributed by atoms with Crippen LogP contribution in [-0.2, 0) is 4.79 Å². The molecule has 5 heteroatoms. The number of benzene rings is 1. The summed E-state index contributed by atoms with van der Waals surface area (Å²) in [6, 6.07) is 4.00. The highest BCUT2D eigenvalue weighted by Crippen LogP contribution is 2.21. The number of amidine groups is 1. The van der Waals surface area contributed by atoms with Gasteiger partial charge in [-0.25, -0.2) is 4.39 Å². The third kappa shape index (κ3) is 2.54. The Morgan fingerprint density at radius 1 is 1.53 bits per heavy atom. The normalized spacial score (nSPS) is 19.1. The van der Waals surface area contributed by atoms with E-state index in [-0.39, 0.29) is 17.8 Å². The summed E-state index contributed by atoms with van der Waals surface area (Å²) in [5.41, 5.74) is 0.707. The van der Waals surface area contributed by atoms with Crippen molar-refractivity contribution in [3.05, 3.63) is 34.1 Å². The molecule has 17 heavy (non-hydrogen) atoms. The minimum absolute atomic E-state index is 0.0851. The fraction of sp³-hybridized carbons (Fsp3) is 0.333. The highest BCUT2D eigenvalue weighted by Gasteiger charge is 2.26. The summed E-state index contributed by atoms with van der Waals surface area (Å²) in [6.45, 7) is 2.01. The largest absolute Gasteiger partial charge is 0.309 e. The number of carbonyl (C=O) groups is 1. The third-order valence-corrected chi connectivity index (χ3v) is 3.23. The summed E-state index contributed by atoms with van der Waals surface area (Å²) in [7, 11) is 0. The van der Waals surface area contributed by atoms with E-state index in [4.69, 9.17) is 0 Å². The first-order chi connectivity index (χ1) is 8.11. The summed E-state index contributed by atoms with van der Waals surface area (Å²) in [4.78, 5) is 15.9. The highest BCUT2D eigenvalue weighted by molar-refractivity contribution is 9.10. The first kappa shape index (κ1) is 12.2. The third-order valence-electron chi connectivity index (χ3n) is 2.58. The maximum Gasteiger partial charge on any atom is 0.250 e. The van der Waals surface area contributed by atoms with Crippen molar-refractivity contribution in [1.82, 2.24) is 5.32 Å². The van der Waals surface area contributed by atoms with Gasteiger partial charge in [-0.15, -0.1) is 0 Å². The minimum atomic E-state index is -0.323. The van der Waals surface area contributed by atoms with Gasteiger partial charge in [-0.05, 0) is 40.5 Å². The fourth-order valence-corrected chi connectivity index (χ4v) is 2.27. The summed E-state index contributed by atoms with van der Waals surface area (Å²) < 4.78 is 13.5. The molecule has 90 valence electrons. The van der Waals surface area contributed by atoms with Crippen LogP contribution in [0.15, 0.2) is 27.7 Å². The average Bonchev–Trinajstić information content (AvgIpc) is 2.60. The van der Waals surface area contributed by atoms with Crippen LogP contribution < -0.4 is 5.32 Å². The molecular formula is C12H12BrFN2O. The first-order valence-corrected chi connectivity index (χ1v) is 6.25. The average molecular weight is 299 g/mol. The number of amides is 1. The van der Waals surface area contributed by atoms with Gasteiger partial charge in [-0.3, -0.25) is 9.79 Å². The second kappa shape index (κ2) is 4.96. The van der Waals surface area contributed by atoms with Gasteiger partial charge in [-0.2, -0.15) is 0 Å². The number of aliphatic imine (C=N–C) groups is 1. The maximum atomic E-state index is 13.0. The number of carbonyl (C=O) groups excluding carboxylic acids is 1. The van der Waals surface area contributed by atoms with Gasteiger partial charge in [0, 0.05) is 10.0 Å². The molecule has 0 aromatic heterocycles. The predicted octanol–water partition coefficient (Wildman–Crippen LogP) is 2.63. The minimum Gasteiger partial charge on any atom is -0.309 e. The molecule has 1 amide bonds. The molecule has 0 fully saturated rings. The van der Waals surface area contributed by atoms with Crippen LogP contribution in [0.1, 0.15) is 25.3 Å². The first-order valence-electron chi connectivity index (χ1n) is 5.46. The second-order valence-corrected chi connectivity index (χ2v) is 4.75. The topological polar surface area (TPSA) is 41.5 Å². The van der Waals surface area contributed by atoms with Crippen molar-refractivity contribution >= 4 is 27.7 Å². The Bertz CT molecular complexity index is 487. The van der Waals surface area contributed by atoms with Crippen molar-refractivity contribution in [2.75, 3.05) is 0 Å². The molecule has 3 nitrogen and oxygen atoms in total. The summed E-state index contributed by atoms with van der Waals surface area (Å²) in [5.74, 6) is 0.106. The Morgan fingerprint density at radius 2 is 2.29 bits per heavy atom. The van der Waals surface area contributed by atoms with Gasteiger partial charge >= 0.3 is 0 Å². The number of nitrogens with zero attached hydrogens (tertiary/aromatic N) is 1. The van der Waals surface area contributed by atoms with Crippen molar-refractivity contribution in [2.45, 2.75) is 25.8 Å². The van der Waals surface area contributed by atoms with Gasteiger partial charge in [0.2, 0.25) is 5.91 Å². The van der Waals surface area contributed by atoms with E-state index in [1.165, 1.54) is 12.1 Å². The monoisotopic (exact) mass is 298 g/mol. The van der Waals surface area contributed by atoms with Crippen LogP contribution in [0.5, 0.6) is 0 Å². The van der Waals surface area contributed by atoms with Gasteiger partial charge in [-0.1, -0.05) is 13.3 Å². The second-order valence-electron chi connectivity index (χ2n) is 3.90.